The number of amides is 1. The third-order valence-electron chi connectivity index (χ3n) is 3.09. The number of carbonyl (C=O) groups is 1. The molecule has 0 aliphatic heterocycles. The lowest BCUT2D eigenvalue weighted by Crippen LogP contribution is -2.31. The van der Waals surface area contributed by atoms with Gasteiger partial charge in [0.05, 0.1) is 12.0 Å². The van der Waals surface area contributed by atoms with Crippen molar-refractivity contribution in [1.82, 2.24) is 20.1 Å². The Bertz CT molecular complexity index is 638. The molecule has 122 valence electrons. The molecule has 1 aromatic carbocycles. The van der Waals surface area contributed by atoms with Gasteiger partial charge in [-0.3, -0.25) is 4.79 Å². The molecule has 1 amide bonds. The van der Waals surface area contributed by atoms with Gasteiger partial charge in [0.25, 0.3) is 0 Å². The van der Waals surface area contributed by atoms with Gasteiger partial charge in [-0.15, -0.1) is 5.10 Å². The maximum Gasteiger partial charge on any atom is 0.240 e. The van der Waals surface area contributed by atoms with Crippen LogP contribution in [0.4, 0.5) is 5.95 Å². The topological polar surface area (TPSA) is 86.3 Å². The fourth-order valence-corrected chi connectivity index (χ4v) is 2.56. The van der Waals surface area contributed by atoms with Crippen LogP contribution in [0.2, 0.25) is 0 Å². The second-order valence-electron chi connectivity index (χ2n) is 4.60. The van der Waals surface area contributed by atoms with E-state index in [4.69, 9.17) is 0 Å². The minimum Gasteiger partial charge on any atom is -0.343 e. The minimum absolute atomic E-state index is 0.0846. The third-order valence-corrected chi connectivity index (χ3v) is 3.92. The Kier molecular flexibility index (Phi) is 6.61. The Morgan fingerprint density at radius 1 is 1.35 bits per heavy atom. The van der Waals surface area contributed by atoms with Crippen LogP contribution in [0.15, 0.2) is 40.6 Å². The number of rotatable bonds is 8. The largest absolute Gasteiger partial charge is 0.343 e. The van der Waals surface area contributed by atoms with Crippen molar-refractivity contribution in [2.75, 3.05) is 24.3 Å². The fraction of sp³-hybridized carbons (Fsp3) is 0.333. The van der Waals surface area contributed by atoms with Crippen molar-refractivity contribution in [3.05, 3.63) is 35.9 Å². The van der Waals surface area contributed by atoms with Crippen LogP contribution in [-0.2, 0) is 4.79 Å². The molecule has 0 spiro atoms. The maximum atomic E-state index is 11.9. The molecule has 8 heteroatoms. The Morgan fingerprint density at radius 2 is 2.09 bits per heavy atom. The predicted octanol–water partition coefficient (Wildman–Crippen LogP) is 2.21. The van der Waals surface area contributed by atoms with Crippen LogP contribution in [0.25, 0.3) is 0 Å². The number of carbonyl (C=O) groups excluding carboxylic acids is 1. The van der Waals surface area contributed by atoms with Gasteiger partial charge in [-0.1, -0.05) is 42.1 Å². The average molecular weight is 332 g/mol. The highest BCUT2D eigenvalue weighted by atomic mass is 32.2. The molecule has 1 aromatic heterocycles. The van der Waals surface area contributed by atoms with Gasteiger partial charge < -0.3 is 4.90 Å². The SMILES string of the molecule is CCN(CC)C(=O)CSc1n[nH]c(N/N=C\c2ccccc2)n1. The van der Waals surface area contributed by atoms with Crippen molar-refractivity contribution in [1.29, 1.82) is 0 Å². The predicted molar refractivity (Wildman–Crippen MR) is 92.7 cm³/mol. The fourth-order valence-electron chi connectivity index (χ4n) is 1.86. The van der Waals surface area contributed by atoms with E-state index in [2.05, 4.69) is 25.7 Å². The number of benzene rings is 1. The quantitative estimate of drug-likeness (QED) is 0.440. The first-order valence-corrected chi connectivity index (χ1v) is 8.38. The molecule has 0 bridgehead atoms. The standard InChI is InChI=1S/C15H20N6OS/c1-3-21(4-2)13(22)11-23-15-17-14(19-20-15)18-16-10-12-8-6-5-7-9-12/h5-10H,3-4,11H2,1-2H3,(H2,17,18,19,20)/b16-10-. The molecule has 0 saturated heterocycles. The van der Waals surface area contributed by atoms with Gasteiger partial charge in [0.1, 0.15) is 0 Å². The van der Waals surface area contributed by atoms with Crippen molar-refractivity contribution >= 4 is 29.8 Å². The highest BCUT2D eigenvalue weighted by Crippen LogP contribution is 2.14. The molecular weight excluding hydrogens is 312 g/mol. The van der Waals surface area contributed by atoms with Gasteiger partial charge in [-0.2, -0.15) is 10.1 Å². The second kappa shape index (κ2) is 8.94. The van der Waals surface area contributed by atoms with Crippen LogP contribution in [-0.4, -0.2) is 51.0 Å². The third kappa shape index (κ3) is 5.41. The van der Waals surface area contributed by atoms with Crippen molar-refractivity contribution in [2.24, 2.45) is 5.10 Å². The number of nitrogens with zero attached hydrogens (tertiary/aromatic N) is 4. The number of hydrogen-bond acceptors (Lipinski definition) is 6. The van der Waals surface area contributed by atoms with Crippen LogP contribution in [0.5, 0.6) is 0 Å². The zero-order valence-electron chi connectivity index (χ0n) is 13.2. The zero-order valence-corrected chi connectivity index (χ0v) is 14.0. The van der Waals surface area contributed by atoms with Gasteiger partial charge in [-0.25, -0.2) is 10.5 Å². The lowest BCUT2D eigenvalue weighted by molar-refractivity contribution is -0.127. The number of aromatic amines is 1. The van der Waals surface area contributed by atoms with Crippen LogP contribution in [0.1, 0.15) is 19.4 Å². The molecule has 2 rings (SSSR count). The summed E-state index contributed by atoms with van der Waals surface area (Å²) in [7, 11) is 0. The van der Waals surface area contributed by atoms with Crippen molar-refractivity contribution in [2.45, 2.75) is 19.0 Å². The number of hydrazone groups is 1. The molecule has 2 aromatic rings. The highest BCUT2D eigenvalue weighted by Gasteiger charge is 2.11. The van der Waals surface area contributed by atoms with Crippen LogP contribution in [0.3, 0.4) is 0 Å². The minimum atomic E-state index is 0.0846. The zero-order chi connectivity index (χ0) is 16.5. The summed E-state index contributed by atoms with van der Waals surface area (Å²) >= 11 is 1.30. The summed E-state index contributed by atoms with van der Waals surface area (Å²) in [6.45, 7) is 5.35. The first-order valence-electron chi connectivity index (χ1n) is 7.40. The van der Waals surface area contributed by atoms with Gasteiger partial charge in [0, 0.05) is 13.1 Å². The van der Waals surface area contributed by atoms with E-state index in [1.165, 1.54) is 11.8 Å². The summed E-state index contributed by atoms with van der Waals surface area (Å²) in [5.74, 6) is 0.850. The normalized spacial score (nSPS) is 10.9. The molecule has 0 saturated carbocycles. The Balaban J connectivity index is 1.81. The van der Waals surface area contributed by atoms with Crippen molar-refractivity contribution in [3.63, 3.8) is 0 Å². The Labute approximate surface area is 139 Å². The molecule has 1 heterocycles. The number of hydrogen-bond donors (Lipinski definition) is 2. The van der Waals surface area contributed by atoms with Crippen LogP contribution in [0, 0.1) is 0 Å². The van der Waals surface area contributed by atoms with E-state index in [1.54, 1.807) is 11.1 Å². The number of aromatic nitrogens is 3. The lowest BCUT2D eigenvalue weighted by Gasteiger charge is -2.17. The Hall–Kier alpha value is -2.35. The monoisotopic (exact) mass is 332 g/mol. The molecule has 7 nitrogen and oxygen atoms in total. The molecule has 0 radical (unpaired) electrons. The summed E-state index contributed by atoms with van der Waals surface area (Å²) in [6, 6.07) is 9.73. The molecule has 0 unspecified atom stereocenters. The van der Waals surface area contributed by atoms with Crippen molar-refractivity contribution in [3.8, 4) is 0 Å². The van der Waals surface area contributed by atoms with E-state index in [9.17, 15) is 4.79 Å². The van der Waals surface area contributed by atoms with Gasteiger partial charge in [-0.05, 0) is 19.4 Å². The summed E-state index contributed by atoms with van der Waals surface area (Å²) in [5, 5.41) is 11.4. The number of thioether (sulfide) groups is 1. The summed E-state index contributed by atoms with van der Waals surface area (Å²) in [4.78, 5) is 17.9. The Morgan fingerprint density at radius 3 is 2.78 bits per heavy atom. The molecule has 2 N–H and O–H groups in total. The summed E-state index contributed by atoms with van der Waals surface area (Å²) in [6.07, 6.45) is 1.69. The highest BCUT2D eigenvalue weighted by molar-refractivity contribution is 7.99. The van der Waals surface area contributed by atoms with Crippen molar-refractivity contribution < 1.29 is 4.79 Å². The lowest BCUT2D eigenvalue weighted by atomic mass is 10.2. The van der Waals surface area contributed by atoms with E-state index in [-0.39, 0.29) is 5.91 Å². The summed E-state index contributed by atoms with van der Waals surface area (Å²) < 4.78 is 0. The van der Waals surface area contributed by atoms with Gasteiger partial charge in [0.2, 0.25) is 17.0 Å². The second-order valence-corrected chi connectivity index (χ2v) is 5.54. The molecule has 0 aliphatic carbocycles. The van der Waals surface area contributed by atoms with E-state index in [1.807, 2.05) is 44.2 Å². The number of nitrogens with one attached hydrogen (secondary N) is 2. The molecule has 0 aliphatic rings. The average Bonchev–Trinajstić information content (AvgIpc) is 3.03. The first kappa shape index (κ1) is 17.0. The maximum absolute atomic E-state index is 11.9. The number of anilines is 1. The number of H-pyrrole nitrogens is 1. The first-order chi connectivity index (χ1) is 11.2. The summed E-state index contributed by atoms with van der Waals surface area (Å²) in [5.41, 5.74) is 3.76. The van der Waals surface area contributed by atoms with Gasteiger partial charge >= 0.3 is 0 Å². The van der Waals surface area contributed by atoms with Crippen LogP contribution >= 0.6 is 11.8 Å². The van der Waals surface area contributed by atoms with Gasteiger partial charge in [0.15, 0.2) is 0 Å². The molecule has 0 atom stereocenters. The smallest absolute Gasteiger partial charge is 0.240 e. The molecular formula is C15H20N6OS. The van der Waals surface area contributed by atoms with E-state index >= 15 is 0 Å². The molecule has 0 fully saturated rings. The van der Waals surface area contributed by atoms with E-state index in [0.29, 0.717) is 29.9 Å². The molecule has 23 heavy (non-hydrogen) atoms. The van der Waals surface area contributed by atoms with E-state index in [0.717, 1.165) is 5.56 Å². The van der Waals surface area contributed by atoms with E-state index < -0.39 is 0 Å². The van der Waals surface area contributed by atoms with Crippen LogP contribution < -0.4 is 5.43 Å².